The van der Waals surface area contributed by atoms with E-state index in [1.54, 1.807) is 0 Å². The Bertz CT molecular complexity index is 1900. The highest BCUT2D eigenvalue weighted by Crippen LogP contribution is 2.36. The second-order valence-corrected chi connectivity index (χ2v) is 21.1. The fourth-order valence-corrected chi connectivity index (χ4v) is 10.2. The molecule has 1 aliphatic rings. The monoisotopic (exact) mass is 1080 g/mol. The Morgan fingerprint density at radius 3 is 1.39 bits per heavy atom. The van der Waals surface area contributed by atoms with Gasteiger partial charge >= 0.3 is 0 Å². The van der Waals surface area contributed by atoms with Gasteiger partial charge in [0.1, 0.15) is 12.2 Å². The summed E-state index contributed by atoms with van der Waals surface area (Å²) in [6.45, 7) is 13.7. The van der Waals surface area contributed by atoms with Gasteiger partial charge in [-0.2, -0.15) is 0 Å². The van der Waals surface area contributed by atoms with Crippen LogP contribution in [0, 0.1) is 0 Å². The van der Waals surface area contributed by atoms with Crippen molar-refractivity contribution in [1.82, 2.24) is 0 Å². The van der Waals surface area contributed by atoms with E-state index in [1.165, 1.54) is 173 Å². The van der Waals surface area contributed by atoms with Crippen LogP contribution in [0.2, 0.25) is 0 Å². The minimum absolute atomic E-state index is 0.0767. The van der Waals surface area contributed by atoms with E-state index in [4.69, 9.17) is 56.8 Å². The number of unbranched alkanes of at least 4 members (excludes halogenated alkanes) is 21. The molecular weight excluding hydrogens is 973 g/mol. The zero-order valence-electron chi connectivity index (χ0n) is 48.3. The molecule has 0 aliphatic carbocycles. The van der Waals surface area contributed by atoms with Gasteiger partial charge in [0.25, 0.3) is 0 Å². The quantitative estimate of drug-likeness (QED) is 0.0311. The van der Waals surface area contributed by atoms with Crippen LogP contribution in [0.5, 0.6) is 0 Å². The smallest absolute Gasteiger partial charge is 0.104 e. The summed E-state index contributed by atoms with van der Waals surface area (Å²) in [6.07, 6.45) is 31.3. The second kappa shape index (κ2) is 46.1. The van der Waals surface area contributed by atoms with Crippen LogP contribution in [0.3, 0.4) is 0 Å². The molecular formula is C65H106O12. The molecule has 77 heavy (non-hydrogen) atoms. The number of hydrogen-bond acceptors (Lipinski definition) is 12. The summed E-state index contributed by atoms with van der Waals surface area (Å²) < 4.78 is 70.0. The molecule has 1 saturated heterocycles. The maximum Gasteiger partial charge on any atom is 0.104 e. The summed E-state index contributed by atoms with van der Waals surface area (Å²) in [5.41, 5.74) is 1.49. The Morgan fingerprint density at radius 1 is 0.390 bits per heavy atom. The fourth-order valence-electron chi connectivity index (χ4n) is 10.2. The van der Waals surface area contributed by atoms with Gasteiger partial charge in [-0.15, -0.1) is 0 Å². The molecule has 4 aromatic rings. The maximum absolute atomic E-state index is 6.38. The van der Waals surface area contributed by atoms with Gasteiger partial charge in [-0.1, -0.05) is 190 Å². The lowest BCUT2D eigenvalue weighted by Crippen LogP contribution is -2.29. The molecule has 0 spiro atoms. The zero-order chi connectivity index (χ0) is 53.6. The number of ether oxygens (including phenoxy) is 12. The summed E-state index contributed by atoms with van der Waals surface area (Å²) in [6, 6.07) is 20.5. The number of rotatable bonds is 43. The predicted octanol–water partition coefficient (Wildman–Crippen LogP) is 14.1. The van der Waals surface area contributed by atoms with Gasteiger partial charge in [0.15, 0.2) is 0 Å². The number of hydrogen-bond donors (Lipinski definition) is 0. The molecule has 12 nitrogen and oxygen atoms in total. The number of aryl methyl sites for hydroxylation is 1. The van der Waals surface area contributed by atoms with Crippen molar-refractivity contribution in [2.45, 2.75) is 173 Å². The third-order valence-electron chi connectivity index (χ3n) is 14.6. The standard InChI is InChI=1S/C65H106O12/c1-2-3-4-5-6-7-8-9-10-11-12-13-14-17-20-23-35-72-53-61(76-36-24-21-18-15-16-19-22-26-57-29-30-60-32-31-58-27-25-28-59-33-34-63(57)65(60)64(58)59)54-73-48-45-69-41-42-70-47-50-75-56-62-55-74-49-46-68-40-39-66-37-38-67-43-44-71-51-52-77-62/h25,27-34,61-62H,2-24,26,35-56H2,1H3/t61-,62?/m0/s1. The van der Waals surface area contributed by atoms with Crippen LogP contribution in [0.25, 0.3) is 32.3 Å². The molecule has 2 atom stereocenters. The molecule has 12 heteroatoms. The largest absolute Gasteiger partial charge is 0.379 e. The molecule has 1 heterocycles. The molecule has 0 radical (unpaired) electrons. The lowest BCUT2D eigenvalue weighted by atomic mass is 9.90. The summed E-state index contributed by atoms with van der Waals surface area (Å²) >= 11 is 0. The van der Waals surface area contributed by atoms with Crippen LogP contribution in [-0.2, 0) is 63.3 Å². The zero-order valence-corrected chi connectivity index (χ0v) is 48.3. The van der Waals surface area contributed by atoms with Crippen molar-refractivity contribution in [3.8, 4) is 0 Å². The van der Waals surface area contributed by atoms with E-state index in [-0.39, 0.29) is 12.2 Å². The Kier molecular flexibility index (Phi) is 39.1. The minimum atomic E-state index is -0.212. The third kappa shape index (κ3) is 30.7. The van der Waals surface area contributed by atoms with Crippen LogP contribution in [0.1, 0.15) is 160 Å². The second-order valence-electron chi connectivity index (χ2n) is 21.1. The highest BCUT2D eigenvalue weighted by molar-refractivity contribution is 6.23. The SMILES string of the molecule is CCCCCCCCCCCCCCCCCCOC[C@@H](COCCOCCOCCOCC1COCCOCCOCCOCCOCCO1)OCCCCCCCCCc1ccc2ccc3cccc4ccc1c2c34. The third-order valence-corrected chi connectivity index (χ3v) is 14.6. The van der Waals surface area contributed by atoms with Crippen LogP contribution in [0.4, 0.5) is 0 Å². The summed E-state index contributed by atoms with van der Waals surface area (Å²) in [4.78, 5) is 0. The average molecular weight is 1080 g/mol. The van der Waals surface area contributed by atoms with E-state index in [0.717, 1.165) is 32.5 Å². The topological polar surface area (TPSA) is 111 Å². The summed E-state index contributed by atoms with van der Waals surface area (Å²) in [5.74, 6) is 0. The van der Waals surface area contributed by atoms with Gasteiger partial charge in [-0.05, 0) is 63.6 Å². The Labute approximate surface area is 466 Å². The number of benzene rings is 4. The molecule has 4 aromatic carbocycles. The van der Waals surface area contributed by atoms with E-state index in [9.17, 15) is 0 Å². The molecule has 0 bridgehead atoms. The van der Waals surface area contributed by atoms with Crippen LogP contribution in [-0.4, -0.2) is 158 Å². The molecule has 5 rings (SSSR count). The van der Waals surface area contributed by atoms with E-state index in [1.807, 2.05) is 0 Å². The van der Waals surface area contributed by atoms with Crippen molar-refractivity contribution in [3.63, 3.8) is 0 Å². The Balaban J connectivity index is 0.877. The highest BCUT2D eigenvalue weighted by Gasteiger charge is 2.14. The first kappa shape index (κ1) is 65.3. The molecule has 1 fully saturated rings. The van der Waals surface area contributed by atoms with Crippen molar-refractivity contribution in [3.05, 3.63) is 60.2 Å². The van der Waals surface area contributed by atoms with Crippen molar-refractivity contribution in [2.75, 3.05) is 145 Å². The Hall–Kier alpha value is -2.56. The Morgan fingerprint density at radius 2 is 0.818 bits per heavy atom. The predicted molar refractivity (Wildman–Crippen MR) is 313 cm³/mol. The van der Waals surface area contributed by atoms with Gasteiger partial charge in [-0.3, -0.25) is 0 Å². The van der Waals surface area contributed by atoms with Crippen molar-refractivity contribution >= 4 is 32.3 Å². The molecule has 0 saturated carbocycles. The lowest BCUT2D eigenvalue weighted by molar-refractivity contribution is -0.0895. The van der Waals surface area contributed by atoms with Crippen molar-refractivity contribution in [1.29, 1.82) is 0 Å². The first-order valence-electron chi connectivity index (χ1n) is 31.0. The first-order chi connectivity index (χ1) is 38.3. The normalized spacial score (nSPS) is 16.4. The fraction of sp³-hybridized carbons (Fsp3) is 0.754. The lowest BCUT2D eigenvalue weighted by Gasteiger charge is -2.19. The molecule has 0 amide bonds. The average Bonchev–Trinajstić information content (AvgIpc) is 3.45. The van der Waals surface area contributed by atoms with Crippen molar-refractivity contribution < 1.29 is 56.8 Å². The maximum atomic E-state index is 6.38. The van der Waals surface area contributed by atoms with E-state index in [2.05, 4.69) is 61.5 Å². The van der Waals surface area contributed by atoms with E-state index < -0.39 is 0 Å². The van der Waals surface area contributed by atoms with Gasteiger partial charge < -0.3 is 56.8 Å². The molecule has 1 aliphatic heterocycles. The molecule has 1 unspecified atom stereocenters. The van der Waals surface area contributed by atoms with Crippen LogP contribution >= 0.6 is 0 Å². The summed E-state index contributed by atoms with van der Waals surface area (Å²) in [5, 5.41) is 8.31. The minimum Gasteiger partial charge on any atom is -0.379 e. The van der Waals surface area contributed by atoms with Gasteiger partial charge in [0.2, 0.25) is 0 Å². The van der Waals surface area contributed by atoms with Gasteiger partial charge in [-0.25, -0.2) is 0 Å². The summed E-state index contributed by atoms with van der Waals surface area (Å²) in [7, 11) is 0. The van der Waals surface area contributed by atoms with E-state index >= 15 is 0 Å². The molecule has 438 valence electrons. The van der Waals surface area contributed by atoms with Crippen LogP contribution < -0.4 is 0 Å². The van der Waals surface area contributed by atoms with E-state index in [0.29, 0.717) is 132 Å². The van der Waals surface area contributed by atoms with Crippen molar-refractivity contribution in [2.24, 2.45) is 0 Å². The van der Waals surface area contributed by atoms with Gasteiger partial charge in [0.05, 0.1) is 132 Å². The highest BCUT2D eigenvalue weighted by atomic mass is 16.6. The molecule has 0 N–H and O–H groups in total. The first-order valence-corrected chi connectivity index (χ1v) is 31.0. The van der Waals surface area contributed by atoms with Gasteiger partial charge in [0, 0.05) is 13.2 Å². The molecule has 0 aromatic heterocycles. The van der Waals surface area contributed by atoms with Crippen LogP contribution in [0.15, 0.2) is 54.6 Å².